The molecule has 0 radical (unpaired) electrons. The molecule has 0 saturated heterocycles. The van der Waals surface area contributed by atoms with Crippen LogP contribution in [-0.4, -0.2) is 40.5 Å². The predicted octanol–water partition coefficient (Wildman–Crippen LogP) is 0.773. The lowest BCUT2D eigenvalue weighted by atomic mass is 10.4. The number of nitrogens with one attached hydrogen (secondary N) is 2. The highest BCUT2D eigenvalue weighted by molar-refractivity contribution is 7.88. The number of aryl methyl sites for hydroxylation is 2. The molecular weight excluding hydrogens is 286 g/mol. The first kappa shape index (κ1) is 14.2. The van der Waals surface area contributed by atoms with Gasteiger partial charge in [-0.2, -0.15) is 5.10 Å². The van der Waals surface area contributed by atoms with Crippen molar-refractivity contribution < 1.29 is 8.42 Å². The predicted molar refractivity (Wildman–Crippen MR) is 76.2 cm³/mol. The molecule has 2 aromatic rings. The van der Waals surface area contributed by atoms with Gasteiger partial charge in [-0.05, 0) is 26.1 Å². The van der Waals surface area contributed by atoms with Crippen LogP contribution in [0.1, 0.15) is 12.6 Å². The van der Waals surface area contributed by atoms with Gasteiger partial charge in [0.15, 0.2) is 10.4 Å². The molecule has 106 valence electrons. The van der Waals surface area contributed by atoms with E-state index in [1.807, 2.05) is 23.1 Å². The van der Waals surface area contributed by atoms with Crippen LogP contribution in [0.3, 0.4) is 0 Å². The van der Waals surface area contributed by atoms with Crippen LogP contribution in [0.2, 0.25) is 0 Å². The number of rotatable bonds is 5. The van der Waals surface area contributed by atoms with Crippen molar-refractivity contribution in [3.8, 4) is 0 Å². The van der Waals surface area contributed by atoms with Gasteiger partial charge < -0.3 is 9.55 Å². The van der Waals surface area contributed by atoms with Gasteiger partial charge in [-0.25, -0.2) is 17.8 Å². The van der Waals surface area contributed by atoms with E-state index in [9.17, 15) is 8.42 Å². The zero-order valence-corrected chi connectivity index (χ0v) is 12.7. The highest BCUT2D eigenvalue weighted by Crippen LogP contribution is 2.17. The monoisotopic (exact) mass is 303 g/mol. The van der Waals surface area contributed by atoms with Gasteiger partial charge in [0.05, 0.1) is 11.9 Å². The Morgan fingerprint density at radius 2 is 2.16 bits per heavy atom. The third kappa shape index (κ3) is 2.88. The maximum atomic E-state index is 11.1. The van der Waals surface area contributed by atoms with Gasteiger partial charge in [-0.1, -0.05) is 0 Å². The van der Waals surface area contributed by atoms with E-state index in [0.29, 0.717) is 17.9 Å². The van der Waals surface area contributed by atoms with Crippen LogP contribution < -0.4 is 4.72 Å². The molecule has 0 atom stereocenters. The minimum atomic E-state index is -3.18. The molecule has 0 aliphatic carbocycles. The lowest BCUT2D eigenvalue weighted by molar-refractivity contribution is 0.575. The van der Waals surface area contributed by atoms with Crippen LogP contribution in [0.25, 0.3) is 11.2 Å². The molecule has 0 spiro atoms. The van der Waals surface area contributed by atoms with E-state index >= 15 is 0 Å². The summed E-state index contributed by atoms with van der Waals surface area (Å²) in [4.78, 5) is 3.11. The molecule has 19 heavy (non-hydrogen) atoms. The number of hydrogen-bond acceptors (Lipinski definition) is 4. The number of fused-ring (bicyclic) bond motifs is 1. The van der Waals surface area contributed by atoms with Gasteiger partial charge in [0, 0.05) is 19.6 Å². The molecule has 2 aromatic heterocycles. The zero-order valence-electron chi connectivity index (χ0n) is 11.1. The van der Waals surface area contributed by atoms with Gasteiger partial charge in [0.2, 0.25) is 10.0 Å². The number of aromatic amines is 1. The highest BCUT2D eigenvalue weighted by Gasteiger charge is 2.13. The summed E-state index contributed by atoms with van der Waals surface area (Å²) in [5, 5.41) is 4.41. The second-order valence-electron chi connectivity index (χ2n) is 4.35. The number of nitrogens with zero attached hydrogens (tertiary/aromatic N) is 3. The molecule has 0 aliphatic rings. The third-order valence-corrected chi connectivity index (χ3v) is 3.88. The lowest BCUT2D eigenvalue weighted by Gasteiger charge is -2.06. The molecule has 0 aromatic carbocycles. The van der Waals surface area contributed by atoms with Crippen LogP contribution in [0, 0.1) is 11.7 Å². The van der Waals surface area contributed by atoms with E-state index in [-0.39, 0.29) is 0 Å². The van der Waals surface area contributed by atoms with Crippen molar-refractivity contribution in [2.75, 3.05) is 12.8 Å². The molecule has 0 saturated carbocycles. The molecule has 2 heterocycles. The molecule has 9 heteroatoms. The van der Waals surface area contributed by atoms with Crippen molar-refractivity contribution in [2.24, 2.45) is 0 Å². The van der Waals surface area contributed by atoms with E-state index in [2.05, 4.69) is 14.8 Å². The Morgan fingerprint density at radius 3 is 2.74 bits per heavy atom. The molecule has 7 nitrogen and oxygen atoms in total. The lowest BCUT2D eigenvalue weighted by Crippen LogP contribution is -2.26. The zero-order chi connectivity index (χ0) is 14.2. The smallest absolute Gasteiger partial charge is 0.208 e. The summed E-state index contributed by atoms with van der Waals surface area (Å²) in [5.41, 5.74) is 2.70. The second kappa shape index (κ2) is 5.06. The highest BCUT2D eigenvalue weighted by atomic mass is 32.2. The first-order chi connectivity index (χ1) is 8.83. The largest absolute Gasteiger partial charge is 0.328 e. The molecule has 0 aliphatic heterocycles. The summed E-state index contributed by atoms with van der Waals surface area (Å²) in [6.45, 7) is 5.42. The second-order valence-corrected chi connectivity index (χ2v) is 6.57. The SMILES string of the molecule is CCn1nc(C)c2[nH]c(=S)n(CCNS(C)(=O)=O)c21. The van der Waals surface area contributed by atoms with Gasteiger partial charge in [-0.15, -0.1) is 0 Å². The van der Waals surface area contributed by atoms with E-state index in [4.69, 9.17) is 12.2 Å². The summed E-state index contributed by atoms with van der Waals surface area (Å²) in [6, 6.07) is 0. The van der Waals surface area contributed by atoms with Gasteiger partial charge in [0.25, 0.3) is 0 Å². The maximum absolute atomic E-state index is 11.1. The quantitative estimate of drug-likeness (QED) is 0.799. The van der Waals surface area contributed by atoms with Gasteiger partial charge in [0.1, 0.15) is 5.52 Å². The summed E-state index contributed by atoms with van der Waals surface area (Å²) < 4.78 is 28.9. The molecular formula is C10H17N5O2S2. The molecule has 0 amide bonds. The van der Waals surface area contributed by atoms with E-state index in [0.717, 1.165) is 29.7 Å². The molecule has 0 bridgehead atoms. The van der Waals surface area contributed by atoms with Crippen molar-refractivity contribution >= 4 is 33.4 Å². The van der Waals surface area contributed by atoms with Crippen LogP contribution in [0.15, 0.2) is 0 Å². The molecule has 2 rings (SSSR count). The number of imidazole rings is 1. The number of aromatic nitrogens is 4. The van der Waals surface area contributed by atoms with Crippen molar-refractivity contribution in [2.45, 2.75) is 26.9 Å². The van der Waals surface area contributed by atoms with E-state index in [1.165, 1.54) is 0 Å². The topological polar surface area (TPSA) is 84.7 Å². The molecule has 0 fully saturated rings. The first-order valence-corrected chi connectivity index (χ1v) is 8.24. The summed E-state index contributed by atoms with van der Waals surface area (Å²) in [7, 11) is -3.18. The summed E-state index contributed by atoms with van der Waals surface area (Å²) in [6.07, 6.45) is 1.14. The van der Waals surface area contributed by atoms with Crippen molar-refractivity contribution in [1.82, 2.24) is 24.1 Å². The minimum Gasteiger partial charge on any atom is -0.328 e. The Hall–Kier alpha value is -1.19. The van der Waals surface area contributed by atoms with Crippen LogP contribution in [0.4, 0.5) is 0 Å². The van der Waals surface area contributed by atoms with Crippen molar-refractivity contribution in [1.29, 1.82) is 0 Å². The van der Waals surface area contributed by atoms with Crippen molar-refractivity contribution in [3.63, 3.8) is 0 Å². The van der Waals surface area contributed by atoms with Crippen molar-refractivity contribution in [3.05, 3.63) is 10.5 Å². The number of hydrogen-bond donors (Lipinski definition) is 2. The fourth-order valence-electron chi connectivity index (χ4n) is 2.03. The Morgan fingerprint density at radius 1 is 1.47 bits per heavy atom. The molecule has 0 unspecified atom stereocenters. The van der Waals surface area contributed by atoms with E-state index in [1.54, 1.807) is 0 Å². The number of H-pyrrole nitrogens is 1. The van der Waals surface area contributed by atoms with Gasteiger partial charge in [-0.3, -0.25) is 0 Å². The van der Waals surface area contributed by atoms with Crippen LogP contribution >= 0.6 is 12.2 Å². The standard InChI is InChI=1S/C10H17N5O2S2/c1-4-15-9-8(7(2)13-15)12-10(18)14(9)6-5-11-19(3,16)17/h11H,4-6H2,1-3H3,(H,12,18). The van der Waals surface area contributed by atoms with E-state index < -0.39 is 10.0 Å². The Kier molecular flexibility index (Phi) is 3.79. The minimum absolute atomic E-state index is 0.300. The van der Waals surface area contributed by atoms with Crippen LogP contribution in [-0.2, 0) is 23.1 Å². The average Bonchev–Trinajstić information content (AvgIpc) is 2.77. The fraction of sp³-hybridized carbons (Fsp3) is 0.600. The Bertz CT molecular complexity index is 753. The Balaban J connectivity index is 2.37. The third-order valence-electron chi connectivity index (χ3n) is 2.83. The normalized spacial score (nSPS) is 12.4. The first-order valence-electron chi connectivity index (χ1n) is 5.94. The number of sulfonamides is 1. The maximum Gasteiger partial charge on any atom is 0.208 e. The fourth-order valence-corrected chi connectivity index (χ4v) is 2.77. The van der Waals surface area contributed by atoms with Gasteiger partial charge >= 0.3 is 0 Å². The summed E-state index contributed by atoms with van der Waals surface area (Å²) >= 11 is 5.27. The summed E-state index contributed by atoms with van der Waals surface area (Å²) in [5.74, 6) is 0. The average molecular weight is 303 g/mol. The molecule has 2 N–H and O–H groups in total. The Labute approximate surface area is 116 Å². The van der Waals surface area contributed by atoms with Crippen LogP contribution in [0.5, 0.6) is 0 Å².